The van der Waals surface area contributed by atoms with Gasteiger partial charge in [0.05, 0.1) is 24.6 Å². The van der Waals surface area contributed by atoms with Crippen molar-refractivity contribution in [2.24, 2.45) is 5.92 Å². The summed E-state index contributed by atoms with van der Waals surface area (Å²) in [6, 6.07) is 24.6. The molecule has 2 fully saturated rings. The molecule has 3 N–H and O–H groups in total. The minimum Gasteiger partial charge on any atom is -0.456 e. The predicted molar refractivity (Wildman–Crippen MR) is 270 cm³/mol. The molecule has 15 nitrogen and oxygen atoms in total. The van der Waals surface area contributed by atoms with Gasteiger partial charge in [-0.1, -0.05) is 83.9 Å². The van der Waals surface area contributed by atoms with Gasteiger partial charge < -0.3 is 45.0 Å². The van der Waals surface area contributed by atoms with Crippen LogP contribution in [0.1, 0.15) is 66.6 Å². The topological polar surface area (TPSA) is 170 Å². The van der Waals surface area contributed by atoms with Crippen LogP contribution in [0.15, 0.2) is 97.1 Å². The lowest BCUT2D eigenvalue weighted by Crippen LogP contribution is -2.57. The SMILES string of the molecule is COC[C@@H]1NC(=O)[C@H](C)N(Cc2ccc(Cl)cc2Oc2ccccc2C(=O)NC2CCN(C)CC2)C(=O)C[C@@H](Cc2ccccc2)C(=O)N(C)[C@@H](C)CNC(=O)C[C@H](Cc2ccc(Cl)cc2)N(C)C1=O. The summed E-state index contributed by atoms with van der Waals surface area (Å²) in [6.07, 6.45) is 1.73. The number of halogens is 2. The summed E-state index contributed by atoms with van der Waals surface area (Å²) < 4.78 is 12.0. The normalized spacial score (nSPS) is 22.0. The van der Waals surface area contributed by atoms with E-state index in [9.17, 15) is 24.0 Å². The molecule has 374 valence electrons. The van der Waals surface area contributed by atoms with Gasteiger partial charge in [-0.2, -0.15) is 0 Å². The molecule has 2 aliphatic heterocycles. The number of ether oxygens (including phenoxy) is 2. The number of carbonyl (C=O) groups is 6. The Bertz CT molecular complexity index is 2450. The Balaban J connectivity index is 1.37. The van der Waals surface area contributed by atoms with E-state index < -0.39 is 47.8 Å². The summed E-state index contributed by atoms with van der Waals surface area (Å²) in [5, 5.41) is 9.81. The maximum absolute atomic E-state index is 15.1. The largest absolute Gasteiger partial charge is 0.456 e. The fourth-order valence-corrected chi connectivity index (χ4v) is 9.05. The minimum atomic E-state index is -1.22. The van der Waals surface area contributed by atoms with E-state index in [1.54, 1.807) is 75.6 Å². The number of amides is 6. The summed E-state index contributed by atoms with van der Waals surface area (Å²) in [4.78, 5) is 92.8. The van der Waals surface area contributed by atoms with Crippen LogP contribution in [0.3, 0.4) is 0 Å². The van der Waals surface area contributed by atoms with E-state index >= 15 is 4.79 Å². The molecule has 17 heteroatoms. The Morgan fingerprint density at radius 1 is 0.757 bits per heavy atom. The van der Waals surface area contributed by atoms with Crippen LogP contribution in [0.5, 0.6) is 11.5 Å². The first-order valence-electron chi connectivity index (χ1n) is 23.7. The standard InChI is InChI=1S/C53H65Cl2N7O8/c1-34-31-56-48(63)30-43(27-37-16-19-40(54)20-17-37)61(5)53(68)45(33-69-6)58-50(65)35(2)62(49(64)28-39(52(67)60(34)4)26-36-12-8-7-9-13-36)32-38-18-21-41(55)29-47(38)70-46-15-11-10-14-44(46)51(66)57-42-22-24-59(3)25-23-42/h7-21,29,34-35,39,42-43,45H,22-28,30-33H2,1-6H3,(H,56,63)(H,57,66)(H,58,65)/t34-,35-,39+,43-,45-/m0/s1. The number of likely N-dealkylation sites (tertiary alicyclic amines) is 1. The average molecular weight is 999 g/mol. The third kappa shape index (κ3) is 14.5. The smallest absolute Gasteiger partial charge is 0.255 e. The number of nitrogens with zero attached hydrogens (tertiary/aromatic N) is 4. The van der Waals surface area contributed by atoms with Gasteiger partial charge in [0.25, 0.3) is 5.91 Å². The zero-order valence-electron chi connectivity index (χ0n) is 40.8. The van der Waals surface area contributed by atoms with Crippen molar-refractivity contribution in [3.63, 3.8) is 0 Å². The van der Waals surface area contributed by atoms with Gasteiger partial charge >= 0.3 is 0 Å². The lowest BCUT2D eigenvalue weighted by Gasteiger charge is -2.35. The number of piperidine rings is 1. The van der Waals surface area contributed by atoms with Crippen molar-refractivity contribution in [1.29, 1.82) is 0 Å². The molecule has 6 rings (SSSR count). The van der Waals surface area contributed by atoms with Gasteiger partial charge in [-0.05, 0) is 107 Å². The number of nitrogens with one attached hydrogen (secondary N) is 3. The zero-order valence-corrected chi connectivity index (χ0v) is 42.3. The van der Waals surface area contributed by atoms with Crippen LogP contribution in [0.25, 0.3) is 0 Å². The number of hydrogen-bond acceptors (Lipinski definition) is 9. The van der Waals surface area contributed by atoms with Crippen molar-refractivity contribution in [1.82, 2.24) is 35.6 Å². The highest BCUT2D eigenvalue weighted by atomic mass is 35.5. The number of hydrogen-bond donors (Lipinski definition) is 3. The fourth-order valence-electron chi connectivity index (χ4n) is 8.76. The molecular weight excluding hydrogens is 934 g/mol. The average Bonchev–Trinajstić information content (AvgIpc) is 3.35. The number of carbonyl (C=O) groups excluding carboxylic acids is 6. The third-order valence-corrected chi connectivity index (χ3v) is 13.8. The van der Waals surface area contributed by atoms with E-state index in [-0.39, 0.29) is 80.6 Å². The zero-order chi connectivity index (χ0) is 50.5. The first kappa shape index (κ1) is 53.4. The van der Waals surface area contributed by atoms with Gasteiger partial charge in [-0.15, -0.1) is 0 Å². The molecule has 0 aromatic heterocycles. The number of benzene rings is 4. The summed E-state index contributed by atoms with van der Waals surface area (Å²) >= 11 is 12.8. The van der Waals surface area contributed by atoms with E-state index in [1.807, 2.05) is 49.4 Å². The van der Waals surface area contributed by atoms with Crippen molar-refractivity contribution in [2.75, 3.05) is 54.5 Å². The van der Waals surface area contributed by atoms with Gasteiger partial charge in [0.15, 0.2) is 0 Å². The lowest BCUT2D eigenvalue weighted by atomic mass is 9.93. The van der Waals surface area contributed by atoms with E-state index in [2.05, 4.69) is 27.9 Å². The fraction of sp³-hybridized carbons (Fsp3) is 0.434. The predicted octanol–water partition coefficient (Wildman–Crippen LogP) is 6.14. The Morgan fingerprint density at radius 3 is 2.11 bits per heavy atom. The van der Waals surface area contributed by atoms with E-state index in [0.29, 0.717) is 21.2 Å². The summed E-state index contributed by atoms with van der Waals surface area (Å²) in [5.74, 6) is -3.06. The molecule has 0 radical (unpaired) electrons. The molecule has 70 heavy (non-hydrogen) atoms. The number of methoxy groups -OCH3 is 1. The van der Waals surface area contributed by atoms with Crippen molar-refractivity contribution >= 4 is 58.6 Å². The van der Waals surface area contributed by atoms with Crippen LogP contribution in [0.2, 0.25) is 10.0 Å². The Kier molecular flexibility index (Phi) is 19.2. The van der Waals surface area contributed by atoms with E-state index in [1.165, 1.54) is 21.8 Å². The quantitative estimate of drug-likeness (QED) is 0.151. The van der Waals surface area contributed by atoms with E-state index in [0.717, 1.165) is 37.1 Å². The molecule has 0 saturated carbocycles. The van der Waals surface area contributed by atoms with Crippen LogP contribution in [-0.2, 0) is 48.1 Å². The number of likely N-dealkylation sites (N-methyl/N-ethyl adjacent to an activating group) is 2. The van der Waals surface area contributed by atoms with E-state index in [4.69, 9.17) is 32.7 Å². The monoisotopic (exact) mass is 997 g/mol. The third-order valence-electron chi connectivity index (χ3n) is 13.3. The van der Waals surface area contributed by atoms with Gasteiger partial charge in [-0.25, -0.2) is 0 Å². The highest BCUT2D eigenvalue weighted by molar-refractivity contribution is 6.31. The van der Waals surface area contributed by atoms with Crippen molar-refractivity contribution in [3.8, 4) is 11.5 Å². The molecule has 5 atom stereocenters. The van der Waals surface area contributed by atoms with Crippen LogP contribution in [-0.4, -0.2) is 140 Å². The van der Waals surface area contributed by atoms with Crippen LogP contribution >= 0.6 is 23.2 Å². The second kappa shape index (κ2) is 25.2. The first-order valence-corrected chi connectivity index (χ1v) is 24.5. The Morgan fingerprint density at radius 2 is 1.41 bits per heavy atom. The Labute approximate surface area is 421 Å². The molecule has 4 aromatic carbocycles. The molecule has 2 saturated heterocycles. The van der Waals surface area contributed by atoms with Gasteiger partial charge in [0, 0.05) is 74.3 Å². The van der Waals surface area contributed by atoms with Gasteiger partial charge in [0.1, 0.15) is 23.6 Å². The molecule has 4 aromatic rings. The summed E-state index contributed by atoms with van der Waals surface area (Å²) in [5.41, 5.74) is 2.41. The Hall–Kier alpha value is -6.00. The highest BCUT2D eigenvalue weighted by Gasteiger charge is 2.37. The number of para-hydroxylation sites is 1. The second-order valence-corrected chi connectivity index (χ2v) is 19.3. The molecule has 0 unspecified atom stereocenters. The number of rotatable bonds is 12. The van der Waals surface area contributed by atoms with Gasteiger partial charge in [-0.3, -0.25) is 28.8 Å². The van der Waals surface area contributed by atoms with Crippen LogP contribution < -0.4 is 20.7 Å². The highest BCUT2D eigenvalue weighted by Crippen LogP contribution is 2.33. The lowest BCUT2D eigenvalue weighted by molar-refractivity contribution is -0.147. The molecule has 0 aliphatic carbocycles. The molecule has 0 bridgehead atoms. The first-order chi connectivity index (χ1) is 33.5. The van der Waals surface area contributed by atoms with Crippen LogP contribution in [0, 0.1) is 5.92 Å². The van der Waals surface area contributed by atoms with Crippen LogP contribution in [0.4, 0.5) is 0 Å². The molecular formula is C53H65Cl2N7O8. The van der Waals surface area contributed by atoms with Crippen molar-refractivity contribution in [2.45, 2.75) is 89.1 Å². The maximum atomic E-state index is 15.1. The molecule has 0 spiro atoms. The van der Waals surface area contributed by atoms with Gasteiger partial charge in [0.2, 0.25) is 29.5 Å². The molecule has 2 aliphatic rings. The minimum absolute atomic E-state index is 0.00101. The van der Waals surface area contributed by atoms with Crippen molar-refractivity contribution < 1.29 is 38.2 Å². The maximum Gasteiger partial charge on any atom is 0.255 e. The molecule has 2 heterocycles. The summed E-state index contributed by atoms with van der Waals surface area (Å²) in [6.45, 7) is 4.79. The summed E-state index contributed by atoms with van der Waals surface area (Å²) in [7, 11) is 6.67. The van der Waals surface area contributed by atoms with Crippen molar-refractivity contribution in [3.05, 3.63) is 129 Å². The second-order valence-electron chi connectivity index (χ2n) is 18.4. The molecule has 6 amide bonds.